The summed E-state index contributed by atoms with van der Waals surface area (Å²) >= 11 is 0. The summed E-state index contributed by atoms with van der Waals surface area (Å²) in [6.07, 6.45) is 1.63. The van der Waals surface area contributed by atoms with Gasteiger partial charge < -0.3 is 33.9 Å². The third-order valence-electron chi connectivity index (χ3n) is 5.88. The normalized spacial score (nSPS) is 14.7. The van der Waals surface area contributed by atoms with E-state index in [0.717, 1.165) is 24.4 Å². The van der Waals surface area contributed by atoms with Gasteiger partial charge in [0.25, 0.3) is 0 Å². The molecule has 190 valence electrons. The number of nitrogens with one attached hydrogen (secondary N) is 1. The van der Waals surface area contributed by atoms with Crippen LogP contribution in [0.3, 0.4) is 0 Å². The van der Waals surface area contributed by atoms with Gasteiger partial charge in [0.1, 0.15) is 5.75 Å². The van der Waals surface area contributed by atoms with Crippen molar-refractivity contribution >= 4 is 11.7 Å². The molecule has 9 heteroatoms. The summed E-state index contributed by atoms with van der Waals surface area (Å²) in [5, 5.41) is 2.94. The molecule has 0 bridgehead atoms. The molecule has 1 heterocycles. The number of benzene rings is 2. The van der Waals surface area contributed by atoms with E-state index in [1.807, 2.05) is 24.3 Å². The summed E-state index contributed by atoms with van der Waals surface area (Å²) in [6, 6.07) is 11.2. The fraction of sp³-hybridized carbons (Fsp3) is 0.423. The number of carbonyl (C=O) groups excluding carboxylic acids is 1. The zero-order chi connectivity index (χ0) is 25.2. The van der Waals surface area contributed by atoms with Crippen molar-refractivity contribution in [2.45, 2.75) is 6.10 Å². The fourth-order valence-electron chi connectivity index (χ4n) is 4.00. The molecule has 0 spiro atoms. The summed E-state index contributed by atoms with van der Waals surface area (Å²) in [7, 11) is 6.28. The van der Waals surface area contributed by atoms with Gasteiger partial charge in [0, 0.05) is 44.9 Å². The van der Waals surface area contributed by atoms with Crippen LogP contribution in [-0.2, 0) is 4.74 Å². The third kappa shape index (κ3) is 6.80. The van der Waals surface area contributed by atoms with Gasteiger partial charge in [-0.3, -0.25) is 4.90 Å². The Morgan fingerprint density at radius 3 is 2.26 bits per heavy atom. The minimum atomic E-state index is -0.175. The molecule has 2 amide bonds. The molecule has 0 saturated carbocycles. The number of ether oxygens (including phenoxy) is 5. The number of methoxy groups -OCH3 is 4. The lowest BCUT2D eigenvalue weighted by Crippen LogP contribution is -2.50. The van der Waals surface area contributed by atoms with Crippen LogP contribution in [0.15, 0.2) is 49.1 Å². The third-order valence-corrected chi connectivity index (χ3v) is 5.88. The van der Waals surface area contributed by atoms with Gasteiger partial charge in [-0.25, -0.2) is 4.79 Å². The standard InChI is InChI=1S/C26H35N3O6/c1-6-14-35-24(19-8-7-9-21(15-19)31-2)18-28-10-12-29(13-11-28)26(30)27-20-16-22(32-3)25(34-5)23(17-20)33-4/h6-9,15-17,24H,1,10-14,18H2,2-5H3,(H,27,30)/t24-/m0/s1. The average molecular weight is 486 g/mol. The highest BCUT2D eigenvalue weighted by atomic mass is 16.5. The molecule has 1 fully saturated rings. The van der Waals surface area contributed by atoms with E-state index >= 15 is 0 Å². The van der Waals surface area contributed by atoms with Crippen LogP contribution in [0.25, 0.3) is 0 Å². The zero-order valence-electron chi connectivity index (χ0n) is 20.9. The molecule has 1 saturated heterocycles. The smallest absolute Gasteiger partial charge is 0.321 e. The maximum atomic E-state index is 12.9. The molecule has 2 aromatic rings. The van der Waals surface area contributed by atoms with E-state index in [1.165, 1.54) is 0 Å². The Morgan fingerprint density at radius 1 is 1.00 bits per heavy atom. The Morgan fingerprint density at radius 2 is 1.69 bits per heavy atom. The van der Waals surface area contributed by atoms with Crippen molar-refractivity contribution < 1.29 is 28.5 Å². The minimum Gasteiger partial charge on any atom is -0.497 e. The maximum absolute atomic E-state index is 12.9. The monoisotopic (exact) mass is 485 g/mol. The number of urea groups is 1. The molecular formula is C26H35N3O6. The highest BCUT2D eigenvalue weighted by Gasteiger charge is 2.25. The fourth-order valence-corrected chi connectivity index (χ4v) is 4.00. The largest absolute Gasteiger partial charge is 0.497 e. The van der Waals surface area contributed by atoms with Crippen molar-refractivity contribution in [2.75, 3.05) is 73.1 Å². The maximum Gasteiger partial charge on any atom is 0.321 e. The van der Waals surface area contributed by atoms with Crippen molar-refractivity contribution in [2.24, 2.45) is 0 Å². The van der Waals surface area contributed by atoms with Gasteiger partial charge in [-0.05, 0) is 17.7 Å². The molecule has 1 aliphatic heterocycles. The Bertz CT molecular complexity index is 966. The first-order valence-electron chi connectivity index (χ1n) is 11.5. The Balaban J connectivity index is 1.60. The van der Waals surface area contributed by atoms with Crippen molar-refractivity contribution in [3.63, 3.8) is 0 Å². The number of piperazine rings is 1. The van der Waals surface area contributed by atoms with Gasteiger partial charge in [-0.15, -0.1) is 6.58 Å². The predicted molar refractivity (Wildman–Crippen MR) is 135 cm³/mol. The molecule has 3 rings (SSSR count). The van der Waals surface area contributed by atoms with Crippen molar-refractivity contribution in [3.8, 4) is 23.0 Å². The van der Waals surface area contributed by atoms with Crippen LogP contribution in [0.4, 0.5) is 10.5 Å². The molecular weight excluding hydrogens is 450 g/mol. The average Bonchev–Trinajstić information content (AvgIpc) is 2.90. The number of nitrogens with zero attached hydrogens (tertiary/aromatic N) is 2. The molecule has 0 unspecified atom stereocenters. The predicted octanol–water partition coefficient (Wildman–Crippen LogP) is 3.81. The van der Waals surface area contributed by atoms with Crippen LogP contribution < -0.4 is 24.3 Å². The number of hydrogen-bond acceptors (Lipinski definition) is 7. The summed E-state index contributed by atoms with van der Waals surface area (Å²) in [5.41, 5.74) is 1.62. The Labute approximate surface area is 207 Å². The first kappa shape index (κ1) is 26.2. The van der Waals surface area contributed by atoms with E-state index in [-0.39, 0.29) is 12.1 Å². The Kier molecular flexibility index (Phi) is 9.63. The first-order valence-corrected chi connectivity index (χ1v) is 11.5. The van der Waals surface area contributed by atoms with E-state index in [1.54, 1.807) is 51.5 Å². The van der Waals surface area contributed by atoms with Crippen molar-refractivity contribution in [3.05, 3.63) is 54.6 Å². The second-order valence-electron chi connectivity index (χ2n) is 8.02. The van der Waals surface area contributed by atoms with Crippen molar-refractivity contribution in [1.82, 2.24) is 9.80 Å². The SMILES string of the molecule is C=CCO[C@@H](CN1CCN(C(=O)Nc2cc(OC)c(OC)c(OC)c2)CC1)c1cccc(OC)c1. The van der Waals surface area contributed by atoms with Gasteiger partial charge in [-0.1, -0.05) is 18.2 Å². The van der Waals surface area contributed by atoms with E-state index in [0.29, 0.717) is 49.2 Å². The molecule has 0 aromatic heterocycles. The quantitative estimate of drug-likeness (QED) is 0.485. The van der Waals surface area contributed by atoms with Crippen LogP contribution >= 0.6 is 0 Å². The number of anilines is 1. The van der Waals surface area contributed by atoms with Gasteiger partial charge in [-0.2, -0.15) is 0 Å². The van der Waals surface area contributed by atoms with Crippen molar-refractivity contribution in [1.29, 1.82) is 0 Å². The van der Waals surface area contributed by atoms with Gasteiger partial charge in [0.05, 0.1) is 46.8 Å². The number of rotatable bonds is 11. The summed E-state index contributed by atoms with van der Waals surface area (Å²) in [4.78, 5) is 17.0. The molecule has 2 aromatic carbocycles. The molecule has 1 N–H and O–H groups in total. The van der Waals surface area contributed by atoms with E-state index in [4.69, 9.17) is 23.7 Å². The number of amides is 2. The summed E-state index contributed by atoms with van der Waals surface area (Å²) in [6.45, 7) is 7.61. The molecule has 0 aliphatic carbocycles. The van der Waals surface area contributed by atoms with Crippen LogP contribution in [0.1, 0.15) is 11.7 Å². The second-order valence-corrected chi connectivity index (χ2v) is 8.02. The second kappa shape index (κ2) is 12.9. The minimum absolute atomic E-state index is 0.122. The lowest BCUT2D eigenvalue weighted by molar-refractivity contribution is 0.0301. The van der Waals surface area contributed by atoms with Crippen LogP contribution in [0.5, 0.6) is 23.0 Å². The van der Waals surface area contributed by atoms with E-state index in [9.17, 15) is 4.79 Å². The topological polar surface area (TPSA) is 81.7 Å². The molecule has 1 atom stereocenters. The molecule has 0 radical (unpaired) electrons. The number of carbonyl (C=O) groups is 1. The highest BCUT2D eigenvalue weighted by molar-refractivity contribution is 5.90. The van der Waals surface area contributed by atoms with E-state index in [2.05, 4.69) is 16.8 Å². The Hall–Kier alpha value is -3.43. The summed E-state index contributed by atoms with van der Waals surface area (Å²) in [5.74, 6) is 2.24. The lowest BCUT2D eigenvalue weighted by Gasteiger charge is -2.36. The number of hydrogen-bond donors (Lipinski definition) is 1. The van der Waals surface area contributed by atoms with E-state index < -0.39 is 0 Å². The van der Waals surface area contributed by atoms with Crippen LogP contribution in [-0.4, -0.2) is 83.6 Å². The molecule has 1 aliphatic rings. The van der Waals surface area contributed by atoms with Gasteiger partial charge >= 0.3 is 6.03 Å². The summed E-state index contributed by atoms with van der Waals surface area (Å²) < 4.78 is 27.5. The first-order chi connectivity index (χ1) is 17.0. The zero-order valence-corrected chi connectivity index (χ0v) is 20.9. The van der Waals surface area contributed by atoms with Crippen LogP contribution in [0.2, 0.25) is 0 Å². The van der Waals surface area contributed by atoms with Crippen LogP contribution in [0, 0.1) is 0 Å². The highest BCUT2D eigenvalue weighted by Crippen LogP contribution is 2.40. The molecule has 9 nitrogen and oxygen atoms in total. The van der Waals surface area contributed by atoms with Gasteiger partial charge in [0.15, 0.2) is 11.5 Å². The molecule has 35 heavy (non-hydrogen) atoms. The van der Waals surface area contributed by atoms with Gasteiger partial charge in [0.2, 0.25) is 5.75 Å². The lowest BCUT2D eigenvalue weighted by atomic mass is 10.1.